The molecule has 4 rings (SSSR count). The van der Waals surface area contributed by atoms with Gasteiger partial charge in [-0.25, -0.2) is 12.8 Å². The van der Waals surface area contributed by atoms with Crippen LogP contribution in [0.5, 0.6) is 5.75 Å². The van der Waals surface area contributed by atoms with Gasteiger partial charge in [0.05, 0.1) is 23.1 Å². The smallest absolute Gasteiger partial charge is 0.261 e. The summed E-state index contributed by atoms with van der Waals surface area (Å²) < 4.78 is 47.9. The summed E-state index contributed by atoms with van der Waals surface area (Å²) in [6, 6.07) is 18.7. The van der Waals surface area contributed by atoms with Gasteiger partial charge in [0.2, 0.25) is 0 Å². The van der Waals surface area contributed by atoms with Gasteiger partial charge in [-0.3, -0.25) is 14.4 Å². The fourth-order valence-corrected chi connectivity index (χ4v) is 5.65. The van der Waals surface area contributed by atoms with Crippen LogP contribution in [0.25, 0.3) is 0 Å². The van der Waals surface area contributed by atoms with Crippen LogP contribution in [0, 0.1) is 11.7 Å². The summed E-state index contributed by atoms with van der Waals surface area (Å²) in [5.41, 5.74) is 1.53. The quantitative estimate of drug-likeness (QED) is 0.415. The largest absolute Gasteiger partial charge is 0.488 e. The van der Waals surface area contributed by atoms with Crippen LogP contribution in [-0.4, -0.2) is 68.1 Å². The van der Waals surface area contributed by atoms with Crippen molar-refractivity contribution in [2.75, 3.05) is 31.5 Å². The van der Waals surface area contributed by atoms with Gasteiger partial charge in [-0.1, -0.05) is 37.3 Å². The first-order chi connectivity index (χ1) is 18.6. The van der Waals surface area contributed by atoms with E-state index in [0.29, 0.717) is 18.8 Å². The van der Waals surface area contributed by atoms with Crippen molar-refractivity contribution >= 4 is 21.6 Å². The van der Waals surface area contributed by atoms with Gasteiger partial charge in [0, 0.05) is 31.2 Å². The summed E-state index contributed by atoms with van der Waals surface area (Å²) in [4.78, 5) is 17.3. The lowest BCUT2D eigenvalue weighted by Crippen LogP contribution is -2.49. The van der Waals surface area contributed by atoms with Gasteiger partial charge >= 0.3 is 0 Å². The van der Waals surface area contributed by atoms with Crippen molar-refractivity contribution in [3.8, 4) is 5.75 Å². The topological polar surface area (TPSA) is 99.2 Å². The number of nitrogens with zero attached hydrogens (tertiary/aromatic N) is 2. The number of amides is 1. The number of hydrogen-bond acceptors (Lipinski definition) is 6. The van der Waals surface area contributed by atoms with E-state index in [1.54, 1.807) is 17.9 Å². The van der Waals surface area contributed by atoms with E-state index >= 15 is 0 Å². The molecule has 0 saturated heterocycles. The first kappa shape index (κ1) is 28.5. The zero-order valence-electron chi connectivity index (χ0n) is 22.2. The maximum Gasteiger partial charge on any atom is 0.261 e. The summed E-state index contributed by atoms with van der Waals surface area (Å²) in [6.45, 7) is 5.23. The summed E-state index contributed by atoms with van der Waals surface area (Å²) in [6.07, 6.45) is -0.277. The van der Waals surface area contributed by atoms with Crippen molar-refractivity contribution in [2.45, 2.75) is 37.4 Å². The first-order valence-corrected chi connectivity index (χ1v) is 14.3. The number of carbonyl (C=O) groups excluding carboxylic acids is 1. The Hall–Kier alpha value is -3.47. The van der Waals surface area contributed by atoms with E-state index in [-0.39, 0.29) is 40.7 Å². The molecule has 8 nitrogen and oxygen atoms in total. The molecule has 0 radical (unpaired) electrons. The lowest BCUT2D eigenvalue weighted by atomic mass is 9.99. The number of halogens is 1. The number of hydrogen-bond donors (Lipinski definition) is 2. The van der Waals surface area contributed by atoms with Crippen molar-refractivity contribution in [1.82, 2.24) is 9.80 Å². The molecule has 3 aromatic carbocycles. The highest BCUT2D eigenvalue weighted by atomic mass is 32.2. The normalized spacial score (nSPS) is 18.6. The molecule has 39 heavy (non-hydrogen) atoms. The molecular formula is C29H34FN3O5S. The molecule has 1 aliphatic heterocycles. The molecule has 0 spiro atoms. The van der Waals surface area contributed by atoms with Crippen molar-refractivity contribution < 1.29 is 27.4 Å². The zero-order valence-corrected chi connectivity index (χ0v) is 23.1. The van der Waals surface area contributed by atoms with Crippen LogP contribution in [0.2, 0.25) is 0 Å². The Morgan fingerprint density at radius 2 is 1.82 bits per heavy atom. The van der Waals surface area contributed by atoms with Gasteiger partial charge in [-0.2, -0.15) is 0 Å². The minimum absolute atomic E-state index is 0.0500. The molecule has 3 atom stereocenters. The predicted octanol–water partition coefficient (Wildman–Crippen LogP) is 3.98. The van der Waals surface area contributed by atoms with Gasteiger partial charge in [0.1, 0.15) is 17.7 Å². The van der Waals surface area contributed by atoms with Crippen molar-refractivity contribution in [3.05, 3.63) is 89.7 Å². The summed E-state index contributed by atoms with van der Waals surface area (Å²) >= 11 is 0. The number of ether oxygens (including phenoxy) is 1. The number of aliphatic hydroxyl groups excluding tert-OH is 1. The number of rotatable bonds is 9. The standard InChI is InChI=1S/C29H34FN3O5S/c1-20-16-33(21(2)19-34)29(35)26-15-24(31-39(36,37)25-12-9-23(30)10-13-25)11-14-27(26)38-28(20)18-32(3)17-22-7-5-4-6-8-22/h4-15,20-21,28,31,34H,16-19H2,1-3H3/t20-,21+,28-/m1/s1. The number of fused-ring (bicyclic) bond motifs is 1. The first-order valence-electron chi connectivity index (χ1n) is 12.8. The van der Waals surface area contributed by atoms with E-state index < -0.39 is 21.9 Å². The van der Waals surface area contributed by atoms with Crippen molar-refractivity contribution in [2.24, 2.45) is 5.92 Å². The van der Waals surface area contributed by atoms with E-state index in [1.165, 1.54) is 29.8 Å². The molecule has 0 unspecified atom stereocenters. The fraction of sp³-hybridized carbons (Fsp3) is 0.345. The molecule has 0 bridgehead atoms. The van der Waals surface area contributed by atoms with Crippen LogP contribution < -0.4 is 9.46 Å². The third-order valence-electron chi connectivity index (χ3n) is 6.83. The molecule has 0 aliphatic carbocycles. The number of benzene rings is 3. The number of likely N-dealkylation sites (N-methyl/N-ethyl adjacent to an activating group) is 1. The van der Waals surface area contributed by atoms with Gasteiger partial charge in [0.15, 0.2) is 0 Å². The summed E-state index contributed by atoms with van der Waals surface area (Å²) in [7, 11) is -2.01. The fourth-order valence-electron chi connectivity index (χ4n) is 4.60. The van der Waals surface area contributed by atoms with Crippen LogP contribution in [-0.2, 0) is 16.6 Å². The Kier molecular flexibility index (Phi) is 8.89. The lowest BCUT2D eigenvalue weighted by molar-refractivity contribution is 0.0341. The molecule has 0 saturated carbocycles. The minimum Gasteiger partial charge on any atom is -0.488 e. The van der Waals surface area contributed by atoms with Gasteiger partial charge in [-0.05, 0) is 62.0 Å². The molecule has 208 valence electrons. The van der Waals surface area contributed by atoms with Crippen LogP contribution >= 0.6 is 0 Å². The number of anilines is 1. The number of carbonyl (C=O) groups is 1. The molecular weight excluding hydrogens is 521 g/mol. The second kappa shape index (κ2) is 12.1. The number of sulfonamides is 1. The Balaban J connectivity index is 1.63. The van der Waals surface area contributed by atoms with Crippen LogP contribution in [0.15, 0.2) is 77.7 Å². The van der Waals surface area contributed by atoms with E-state index in [4.69, 9.17) is 4.74 Å². The molecule has 0 fully saturated rings. The summed E-state index contributed by atoms with van der Waals surface area (Å²) in [5.74, 6) is -0.623. The summed E-state index contributed by atoms with van der Waals surface area (Å²) in [5, 5.41) is 9.88. The Bertz CT molecular complexity index is 1390. The molecule has 0 aromatic heterocycles. The molecule has 1 heterocycles. The second-order valence-corrected chi connectivity index (χ2v) is 11.8. The van der Waals surface area contributed by atoms with Crippen LogP contribution in [0.1, 0.15) is 29.8 Å². The monoisotopic (exact) mass is 555 g/mol. The van der Waals surface area contributed by atoms with Crippen molar-refractivity contribution in [3.63, 3.8) is 0 Å². The van der Waals surface area contributed by atoms with Gasteiger partial charge in [-0.15, -0.1) is 0 Å². The number of nitrogens with one attached hydrogen (secondary N) is 1. The SMILES string of the molecule is C[C@@H]1CN([C@@H](C)CO)C(=O)c2cc(NS(=O)(=O)c3ccc(F)cc3)ccc2O[C@@H]1CN(C)Cc1ccccc1. The molecule has 2 N–H and O–H groups in total. The second-order valence-electron chi connectivity index (χ2n) is 10.1. The van der Waals surface area contributed by atoms with Crippen LogP contribution in [0.3, 0.4) is 0 Å². The van der Waals surface area contributed by atoms with E-state index in [1.807, 2.05) is 32.2 Å². The zero-order chi connectivity index (χ0) is 28.2. The minimum atomic E-state index is -4.02. The third-order valence-corrected chi connectivity index (χ3v) is 8.23. The average molecular weight is 556 g/mol. The van der Waals surface area contributed by atoms with Gasteiger partial charge in [0.25, 0.3) is 15.9 Å². The molecule has 3 aromatic rings. The highest BCUT2D eigenvalue weighted by molar-refractivity contribution is 7.92. The van der Waals surface area contributed by atoms with E-state index in [2.05, 4.69) is 21.8 Å². The number of aliphatic hydroxyl groups is 1. The lowest BCUT2D eigenvalue weighted by Gasteiger charge is -2.38. The van der Waals surface area contributed by atoms with E-state index in [9.17, 15) is 22.7 Å². The average Bonchev–Trinajstić information content (AvgIpc) is 2.91. The molecule has 1 aliphatic rings. The van der Waals surface area contributed by atoms with Crippen molar-refractivity contribution in [1.29, 1.82) is 0 Å². The maximum absolute atomic E-state index is 13.6. The maximum atomic E-state index is 13.6. The highest BCUT2D eigenvalue weighted by Gasteiger charge is 2.33. The Morgan fingerprint density at radius 3 is 2.49 bits per heavy atom. The highest BCUT2D eigenvalue weighted by Crippen LogP contribution is 2.31. The van der Waals surface area contributed by atoms with E-state index in [0.717, 1.165) is 18.7 Å². The van der Waals surface area contributed by atoms with Crippen LogP contribution in [0.4, 0.5) is 10.1 Å². The Morgan fingerprint density at radius 1 is 1.13 bits per heavy atom. The predicted molar refractivity (Wildman–Crippen MR) is 148 cm³/mol. The third kappa shape index (κ3) is 6.95. The Labute approximate surface area is 229 Å². The molecule has 1 amide bonds. The van der Waals surface area contributed by atoms with Gasteiger partial charge < -0.3 is 14.7 Å². The molecule has 10 heteroatoms.